The Morgan fingerprint density at radius 1 is 1.35 bits per heavy atom. The topological polar surface area (TPSA) is 50.4 Å². The van der Waals surface area contributed by atoms with Crippen molar-refractivity contribution in [1.82, 2.24) is 10.6 Å². The molecule has 0 spiro atoms. The van der Waals surface area contributed by atoms with Gasteiger partial charge in [0.25, 0.3) is 0 Å². The minimum Gasteiger partial charge on any atom is -0.383 e. The Balaban J connectivity index is 1.60. The summed E-state index contributed by atoms with van der Waals surface area (Å²) in [7, 11) is 1.63. The molecule has 2 rings (SSSR count). The van der Waals surface area contributed by atoms with Crippen molar-refractivity contribution in [3.8, 4) is 0 Å². The maximum absolute atomic E-state index is 11.5. The van der Waals surface area contributed by atoms with Gasteiger partial charge in [-0.3, -0.25) is 4.79 Å². The third kappa shape index (κ3) is 5.31. The van der Waals surface area contributed by atoms with Gasteiger partial charge in [-0.2, -0.15) is 0 Å². The zero-order chi connectivity index (χ0) is 14.2. The lowest BCUT2D eigenvalue weighted by molar-refractivity contribution is -0.121. The molecule has 0 bridgehead atoms. The van der Waals surface area contributed by atoms with E-state index in [2.05, 4.69) is 34.9 Å². The van der Waals surface area contributed by atoms with Gasteiger partial charge >= 0.3 is 0 Å². The van der Waals surface area contributed by atoms with Crippen LogP contribution in [0.2, 0.25) is 0 Å². The SMILES string of the molecule is COCCNC(=O)CCNCc1cccc(C2CC2)c1. The van der Waals surface area contributed by atoms with Gasteiger partial charge in [0.2, 0.25) is 5.91 Å². The average Bonchev–Trinajstić information content (AvgIpc) is 3.29. The van der Waals surface area contributed by atoms with Crippen LogP contribution in [0, 0.1) is 0 Å². The quantitative estimate of drug-likeness (QED) is 0.676. The summed E-state index contributed by atoms with van der Waals surface area (Å²) in [5.74, 6) is 0.864. The van der Waals surface area contributed by atoms with Crippen molar-refractivity contribution >= 4 is 5.91 Å². The van der Waals surface area contributed by atoms with E-state index < -0.39 is 0 Å². The lowest BCUT2D eigenvalue weighted by Gasteiger charge is -2.07. The van der Waals surface area contributed by atoms with Gasteiger partial charge in [0, 0.05) is 33.2 Å². The Kier molecular flexibility index (Phi) is 6.02. The van der Waals surface area contributed by atoms with E-state index in [4.69, 9.17) is 4.74 Å². The maximum atomic E-state index is 11.5. The highest BCUT2D eigenvalue weighted by Crippen LogP contribution is 2.40. The highest BCUT2D eigenvalue weighted by atomic mass is 16.5. The number of benzene rings is 1. The number of carbonyl (C=O) groups excluding carboxylic acids is 1. The lowest BCUT2D eigenvalue weighted by atomic mass is 10.1. The van der Waals surface area contributed by atoms with Crippen LogP contribution in [-0.4, -0.2) is 32.7 Å². The number of carbonyl (C=O) groups is 1. The van der Waals surface area contributed by atoms with E-state index in [1.807, 2.05) is 0 Å². The Morgan fingerprint density at radius 2 is 2.20 bits per heavy atom. The van der Waals surface area contributed by atoms with E-state index in [1.54, 1.807) is 7.11 Å². The molecule has 1 amide bonds. The number of ether oxygens (including phenoxy) is 1. The maximum Gasteiger partial charge on any atom is 0.221 e. The fraction of sp³-hybridized carbons (Fsp3) is 0.562. The Labute approximate surface area is 120 Å². The molecule has 0 atom stereocenters. The second-order valence-corrected chi connectivity index (χ2v) is 5.29. The summed E-state index contributed by atoms with van der Waals surface area (Å²) in [6.07, 6.45) is 3.17. The van der Waals surface area contributed by atoms with Crippen molar-refractivity contribution in [3.63, 3.8) is 0 Å². The number of methoxy groups -OCH3 is 1. The van der Waals surface area contributed by atoms with Crippen molar-refractivity contribution in [2.24, 2.45) is 0 Å². The minimum atomic E-state index is 0.0706. The minimum absolute atomic E-state index is 0.0706. The smallest absolute Gasteiger partial charge is 0.221 e. The third-order valence-corrected chi connectivity index (χ3v) is 3.49. The Hall–Kier alpha value is -1.39. The van der Waals surface area contributed by atoms with Gasteiger partial charge < -0.3 is 15.4 Å². The molecule has 1 aromatic carbocycles. The second-order valence-electron chi connectivity index (χ2n) is 5.29. The largest absolute Gasteiger partial charge is 0.383 e. The van der Waals surface area contributed by atoms with Gasteiger partial charge in [0.1, 0.15) is 0 Å². The standard InChI is InChI=1S/C16H24N2O2/c1-20-10-9-18-16(19)7-8-17-12-13-3-2-4-15(11-13)14-5-6-14/h2-4,11,14,17H,5-10,12H2,1H3,(H,18,19). The monoisotopic (exact) mass is 276 g/mol. The van der Waals surface area contributed by atoms with Crippen molar-refractivity contribution in [1.29, 1.82) is 0 Å². The summed E-state index contributed by atoms with van der Waals surface area (Å²) in [4.78, 5) is 11.5. The van der Waals surface area contributed by atoms with E-state index in [0.717, 1.165) is 12.5 Å². The first-order chi connectivity index (χ1) is 9.79. The number of hydrogen-bond acceptors (Lipinski definition) is 3. The number of rotatable bonds is 9. The molecule has 0 radical (unpaired) electrons. The van der Waals surface area contributed by atoms with Crippen LogP contribution in [0.25, 0.3) is 0 Å². The summed E-state index contributed by atoms with van der Waals surface area (Å²) in [6, 6.07) is 8.76. The molecule has 0 heterocycles. The fourth-order valence-corrected chi connectivity index (χ4v) is 2.19. The molecule has 1 aromatic rings. The van der Waals surface area contributed by atoms with E-state index >= 15 is 0 Å². The first-order valence-corrected chi connectivity index (χ1v) is 7.35. The van der Waals surface area contributed by atoms with Crippen LogP contribution in [-0.2, 0) is 16.1 Å². The third-order valence-electron chi connectivity index (χ3n) is 3.49. The van der Waals surface area contributed by atoms with Gasteiger partial charge in [0.15, 0.2) is 0 Å². The summed E-state index contributed by atoms with van der Waals surface area (Å²) < 4.78 is 4.88. The fourth-order valence-electron chi connectivity index (χ4n) is 2.19. The predicted molar refractivity (Wildman–Crippen MR) is 79.6 cm³/mol. The van der Waals surface area contributed by atoms with Crippen molar-refractivity contribution < 1.29 is 9.53 Å². The van der Waals surface area contributed by atoms with Crippen LogP contribution in [0.3, 0.4) is 0 Å². The molecule has 2 N–H and O–H groups in total. The van der Waals surface area contributed by atoms with Crippen LogP contribution in [0.5, 0.6) is 0 Å². The van der Waals surface area contributed by atoms with Gasteiger partial charge in [-0.1, -0.05) is 24.3 Å². The van der Waals surface area contributed by atoms with Crippen LogP contribution in [0.15, 0.2) is 24.3 Å². The van der Waals surface area contributed by atoms with Crippen LogP contribution in [0.4, 0.5) is 0 Å². The first kappa shape index (κ1) is 15.0. The van der Waals surface area contributed by atoms with E-state index in [1.165, 1.54) is 24.0 Å². The summed E-state index contributed by atoms with van der Waals surface area (Å²) >= 11 is 0. The highest BCUT2D eigenvalue weighted by molar-refractivity contribution is 5.76. The lowest BCUT2D eigenvalue weighted by Crippen LogP contribution is -2.29. The molecule has 4 heteroatoms. The normalized spacial score (nSPS) is 14.2. The summed E-state index contributed by atoms with van der Waals surface area (Å²) in [5.41, 5.74) is 2.76. The Bertz CT molecular complexity index is 430. The van der Waals surface area contributed by atoms with Gasteiger partial charge in [0.05, 0.1) is 6.61 Å². The van der Waals surface area contributed by atoms with Crippen molar-refractivity contribution in [3.05, 3.63) is 35.4 Å². The zero-order valence-corrected chi connectivity index (χ0v) is 12.2. The highest BCUT2D eigenvalue weighted by Gasteiger charge is 2.23. The summed E-state index contributed by atoms with van der Waals surface area (Å²) in [6.45, 7) is 2.67. The van der Waals surface area contributed by atoms with Crippen LogP contribution in [0.1, 0.15) is 36.3 Å². The molecular weight excluding hydrogens is 252 g/mol. The van der Waals surface area contributed by atoms with Gasteiger partial charge in [-0.25, -0.2) is 0 Å². The Morgan fingerprint density at radius 3 is 2.95 bits per heavy atom. The summed E-state index contributed by atoms with van der Waals surface area (Å²) in [5, 5.41) is 6.13. The molecule has 0 saturated heterocycles. The number of nitrogens with one attached hydrogen (secondary N) is 2. The van der Waals surface area contributed by atoms with E-state index in [9.17, 15) is 4.79 Å². The van der Waals surface area contributed by atoms with Crippen LogP contribution >= 0.6 is 0 Å². The van der Waals surface area contributed by atoms with Gasteiger partial charge in [-0.15, -0.1) is 0 Å². The number of hydrogen-bond donors (Lipinski definition) is 2. The molecule has 4 nitrogen and oxygen atoms in total. The molecule has 1 aliphatic carbocycles. The predicted octanol–water partition coefficient (Wildman–Crippen LogP) is 1.81. The molecule has 1 saturated carbocycles. The van der Waals surface area contributed by atoms with E-state index in [0.29, 0.717) is 26.1 Å². The van der Waals surface area contributed by atoms with E-state index in [-0.39, 0.29) is 5.91 Å². The molecule has 110 valence electrons. The molecule has 20 heavy (non-hydrogen) atoms. The molecular formula is C16H24N2O2. The average molecular weight is 276 g/mol. The van der Waals surface area contributed by atoms with Crippen LogP contribution < -0.4 is 10.6 Å². The molecule has 1 fully saturated rings. The molecule has 1 aliphatic rings. The zero-order valence-electron chi connectivity index (χ0n) is 12.2. The second kappa shape index (κ2) is 8.02. The number of amides is 1. The molecule has 0 aromatic heterocycles. The van der Waals surface area contributed by atoms with Crippen molar-refractivity contribution in [2.75, 3.05) is 26.8 Å². The van der Waals surface area contributed by atoms with Gasteiger partial charge in [-0.05, 0) is 29.9 Å². The molecule has 0 aliphatic heterocycles. The first-order valence-electron chi connectivity index (χ1n) is 7.35. The van der Waals surface area contributed by atoms with Crippen molar-refractivity contribution in [2.45, 2.75) is 31.7 Å². The molecule has 0 unspecified atom stereocenters.